The van der Waals surface area contributed by atoms with Crippen molar-refractivity contribution in [2.45, 2.75) is 65.3 Å². The second-order valence-corrected chi connectivity index (χ2v) is 5.50. The van der Waals surface area contributed by atoms with Crippen LogP contribution in [0.4, 0.5) is 0 Å². The lowest BCUT2D eigenvalue weighted by atomic mass is 9.83. The minimum atomic E-state index is 0.193. The van der Waals surface area contributed by atoms with Gasteiger partial charge in [-0.05, 0) is 38.1 Å². The van der Waals surface area contributed by atoms with Crippen LogP contribution < -0.4 is 10.6 Å². The third-order valence-electron chi connectivity index (χ3n) is 4.12. The summed E-state index contributed by atoms with van der Waals surface area (Å²) in [5.74, 6) is 0.193. The standard InChI is InChI=1S/C14H28N2O/c1-4-14(8-6-7-9-14)11-16-13(17)10-12(3)15-5-2/h12,15H,4-11H2,1-3H3,(H,16,17). The number of rotatable bonds is 7. The maximum atomic E-state index is 11.8. The van der Waals surface area contributed by atoms with E-state index < -0.39 is 0 Å². The van der Waals surface area contributed by atoms with Crippen molar-refractivity contribution in [3.8, 4) is 0 Å². The molecule has 1 aliphatic rings. The molecule has 0 bridgehead atoms. The topological polar surface area (TPSA) is 41.1 Å². The first-order chi connectivity index (χ1) is 8.12. The molecule has 2 N–H and O–H groups in total. The van der Waals surface area contributed by atoms with E-state index in [0.717, 1.165) is 13.1 Å². The van der Waals surface area contributed by atoms with Crippen LogP contribution in [0.2, 0.25) is 0 Å². The highest BCUT2D eigenvalue weighted by Gasteiger charge is 2.32. The minimum absolute atomic E-state index is 0.193. The second kappa shape index (κ2) is 7.00. The Morgan fingerprint density at radius 3 is 2.47 bits per heavy atom. The summed E-state index contributed by atoms with van der Waals surface area (Å²) in [7, 11) is 0. The number of carbonyl (C=O) groups is 1. The van der Waals surface area contributed by atoms with E-state index in [1.807, 2.05) is 0 Å². The molecule has 0 aromatic rings. The first-order valence-electron chi connectivity index (χ1n) is 7.12. The molecule has 1 amide bonds. The monoisotopic (exact) mass is 240 g/mol. The van der Waals surface area contributed by atoms with Crippen LogP contribution in [0, 0.1) is 5.41 Å². The number of hydrogen-bond acceptors (Lipinski definition) is 2. The van der Waals surface area contributed by atoms with E-state index in [9.17, 15) is 4.79 Å². The highest BCUT2D eigenvalue weighted by molar-refractivity contribution is 5.76. The van der Waals surface area contributed by atoms with E-state index in [-0.39, 0.29) is 11.9 Å². The Morgan fingerprint density at radius 2 is 1.94 bits per heavy atom. The lowest BCUT2D eigenvalue weighted by molar-refractivity contribution is -0.122. The molecule has 0 aliphatic heterocycles. The van der Waals surface area contributed by atoms with Gasteiger partial charge in [-0.1, -0.05) is 26.7 Å². The van der Waals surface area contributed by atoms with Gasteiger partial charge in [0.15, 0.2) is 0 Å². The lowest BCUT2D eigenvalue weighted by Crippen LogP contribution is -2.39. The summed E-state index contributed by atoms with van der Waals surface area (Å²) in [6.07, 6.45) is 7.01. The Kier molecular flexibility index (Phi) is 5.96. The quantitative estimate of drug-likeness (QED) is 0.718. The second-order valence-electron chi connectivity index (χ2n) is 5.50. The van der Waals surface area contributed by atoms with E-state index in [2.05, 4.69) is 31.4 Å². The zero-order chi connectivity index (χ0) is 12.7. The lowest BCUT2D eigenvalue weighted by Gasteiger charge is -2.28. The van der Waals surface area contributed by atoms with Crippen molar-refractivity contribution in [2.75, 3.05) is 13.1 Å². The molecule has 1 rings (SSSR count). The molecule has 0 aromatic heterocycles. The van der Waals surface area contributed by atoms with Crippen molar-refractivity contribution in [3.63, 3.8) is 0 Å². The third-order valence-corrected chi connectivity index (χ3v) is 4.12. The molecule has 17 heavy (non-hydrogen) atoms. The highest BCUT2D eigenvalue weighted by atomic mass is 16.1. The summed E-state index contributed by atoms with van der Waals surface area (Å²) in [5.41, 5.74) is 0.400. The molecule has 1 aliphatic carbocycles. The van der Waals surface area contributed by atoms with Gasteiger partial charge < -0.3 is 10.6 Å². The average molecular weight is 240 g/mol. The van der Waals surface area contributed by atoms with Gasteiger partial charge in [-0.15, -0.1) is 0 Å². The van der Waals surface area contributed by atoms with Crippen molar-refractivity contribution in [1.82, 2.24) is 10.6 Å². The fraction of sp³-hybridized carbons (Fsp3) is 0.929. The van der Waals surface area contributed by atoms with Crippen molar-refractivity contribution in [2.24, 2.45) is 5.41 Å². The van der Waals surface area contributed by atoms with E-state index >= 15 is 0 Å². The van der Waals surface area contributed by atoms with Gasteiger partial charge in [0, 0.05) is 19.0 Å². The molecule has 0 heterocycles. The van der Waals surface area contributed by atoms with Crippen LogP contribution in [-0.4, -0.2) is 25.0 Å². The highest BCUT2D eigenvalue weighted by Crippen LogP contribution is 2.40. The Hall–Kier alpha value is -0.570. The number of hydrogen-bond donors (Lipinski definition) is 2. The van der Waals surface area contributed by atoms with Gasteiger partial charge in [-0.2, -0.15) is 0 Å². The van der Waals surface area contributed by atoms with Crippen LogP contribution in [0.25, 0.3) is 0 Å². The van der Waals surface area contributed by atoms with E-state index in [1.54, 1.807) is 0 Å². The number of amides is 1. The maximum absolute atomic E-state index is 11.8. The molecule has 0 radical (unpaired) electrons. The summed E-state index contributed by atoms with van der Waals surface area (Å²) in [6, 6.07) is 0.279. The summed E-state index contributed by atoms with van der Waals surface area (Å²) >= 11 is 0. The molecule has 100 valence electrons. The first-order valence-corrected chi connectivity index (χ1v) is 7.12. The smallest absolute Gasteiger partial charge is 0.221 e. The number of nitrogens with one attached hydrogen (secondary N) is 2. The van der Waals surface area contributed by atoms with Crippen LogP contribution in [0.15, 0.2) is 0 Å². The SMILES string of the molecule is CCNC(C)CC(=O)NCC1(CC)CCCC1. The van der Waals surface area contributed by atoms with Crippen molar-refractivity contribution in [3.05, 3.63) is 0 Å². The van der Waals surface area contributed by atoms with Gasteiger partial charge in [0.1, 0.15) is 0 Å². The van der Waals surface area contributed by atoms with Gasteiger partial charge >= 0.3 is 0 Å². The van der Waals surface area contributed by atoms with Crippen molar-refractivity contribution in [1.29, 1.82) is 0 Å². The van der Waals surface area contributed by atoms with Gasteiger partial charge in [0.05, 0.1) is 0 Å². The van der Waals surface area contributed by atoms with Gasteiger partial charge in [0.25, 0.3) is 0 Å². The molecular weight excluding hydrogens is 212 g/mol. The molecule has 1 saturated carbocycles. The Morgan fingerprint density at radius 1 is 1.29 bits per heavy atom. The Labute approximate surface area is 106 Å². The van der Waals surface area contributed by atoms with Crippen LogP contribution in [0.5, 0.6) is 0 Å². The fourth-order valence-corrected chi connectivity index (χ4v) is 2.84. The normalized spacial score (nSPS) is 20.2. The maximum Gasteiger partial charge on any atom is 0.221 e. The van der Waals surface area contributed by atoms with Crippen LogP contribution in [0.3, 0.4) is 0 Å². The van der Waals surface area contributed by atoms with E-state index in [4.69, 9.17) is 0 Å². The van der Waals surface area contributed by atoms with Crippen LogP contribution >= 0.6 is 0 Å². The Balaban J connectivity index is 2.27. The molecule has 1 atom stereocenters. The van der Waals surface area contributed by atoms with Gasteiger partial charge in [-0.3, -0.25) is 4.79 Å². The molecule has 3 nitrogen and oxygen atoms in total. The summed E-state index contributed by atoms with van der Waals surface area (Å²) in [5, 5.41) is 6.39. The third kappa shape index (κ3) is 4.66. The largest absolute Gasteiger partial charge is 0.355 e. The van der Waals surface area contributed by atoms with E-state index in [0.29, 0.717) is 11.8 Å². The fourth-order valence-electron chi connectivity index (χ4n) is 2.84. The molecule has 0 saturated heterocycles. The van der Waals surface area contributed by atoms with Crippen molar-refractivity contribution < 1.29 is 4.79 Å². The van der Waals surface area contributed by atoms with Crippen LogP contribution in [0.1, 0.15) is 59.3 Å². The minimum Gasteiger partial charge on any atom is -0.355 e. The first kappa shape index (κ1) is 14.5. The molecule has 0 aromatic carbocycles. The predicted molar refractivity (Wildman–Crippen MR) is 72.0 cm³/mol. The van der Waals surface area contributed by atoms with E-state index in [1.165, 1.54) is 32.1 Å². The van der Waals surface area contributed by atoms with Gasteiger partial charge in [0.2, 0.25) is 5.91 Å². The van der Waals surface area contributed by atoms with Crippen LogP contribution in [-0.2, 0) is 4.79 Å². The molecular formula is C14H28N2O. The number of carbonyl (C=O) groups excluding carboxylic acids is 1. The zero-order valence-electron chi connectivity index (χ0n) is 11.6. The molecule has 1 unspecified atom stereocenters. The summed E-state index contributed by atoms with van der Waals surface area (Å²) in [4.78, 5) is 11.8. The summed E-state index contributed by atoms with van der Waals surface area (Å²) < 4.78 is 0. The predicted octanol–water partition coefficient (Wildman–Crippen LogP) is 2.46. The molecule has 3 heteroatoms. The molecule has 0 spiro atoms. The van der Waals surface area contributed by atoms with Gasteiger partial charge in [-0.25, -0.2) is 0 Å². The zero-order valence-corrected chi connectivity index (χ0v) is 11.6. The van der Waals surface area contributed by atoms with Crippen molar-refractivity contribution >= 4 is 5.91 Å². The average Bonchev–Trinajstić information content (AvgIpc) is 2.76. The Bertz CT molecular complexity index is 234. The molecule has 1 fully saturated rings. The summed E-state index contributed by atoms with van der Waals surface area (Å²) in [6.45, 7) is 8.18.